The number of carbonyl (C=O) groups excluding carboxylic acids is 1. The lowest BCUT2D eigenvalue weighted by atomic mass is 9.98. The van der Waals surface area contributed by atoms with Gasteiger partial charge in [0.25, 0.3) is 0 Å². The van der Waals surface area contributed by atoms with Crippen LogP contribution in [0.5, 0.6) is 0 Å². The number of hydrogen-bond acceptors (Lipinski definition) is 3. The van der Waals surface area contributed by atoms with E-state index >= 15 is 0 Å². The van der Waals surface area contributed by atoms with Crippen molar-refractivity contribution in [3.8, 4) is 0 Å². The molecule has 0 N–H and O–H groups in total. The van der Waals surface area contributed by atoms with E-state index in [9.17, 15) is 13.2 Å². The lowest BCUT2D eigenvalue weighted by Crippen LogP contribution is -2.45. The molecule has 2 aliphatic rings. The van der Waals surface area contributed by atoms with Crippen LogP contribution in [0.1, 0.15) is 32.1 Å². The van der Waals surface area contributed by atoms with E-state index in [2.05, 4.69) is 0 Å². The van der Waals surface area contributed by atoms with Gasteiger partial charge in [-0.2, -0.15) is 0 Å². The normalized spacial score (nSPS) is 32.8. The Morgan fingerprint density at radius 3 is 2.08 bits per heavy atom. The Morgan fingerprint density at radius 1 is 1.08 bits per heavy atom. The molecule has 4 heteroatoms. The molecule has 3 nitrogen and oxygen atoms in total. The standard InChI is InChI=1S/C9H14O3S/c10-9(7-3-1-2-4-7)8-5-6-13(8,11)12/h7-8H,1-6H2. The Labute approximate surface area is 78.4 Å². The minimum Gasteiger partial charge on any atom is -0.298 e. The smallest absolute Gasteiger partial charge is 0.160 e. The van der Waals surface area contributed by atoms with Gasteiger partial charge >= 0.3 is 0 Å². The quantitative estimate of drug-likeness (QED) is 0.669. The van der Waals surface area contributed by atoms with Gasteiger partial charge in [-0.15, -0.1) is 0 Å². The summed E-state index contributed by atoms with van der Waals surface area (Å²) in [7, 11) is -3.01. The van der Waals surface area contributed by atoms with Crippen molar-refractivity contribution in [2.45, 2.75) is 37.4 Å². The Morgan fingerprint density at radius 2 is 1.69 bits per heavy atom. The molecular formula is C9H14O3S. The molecule has 0 radical (unpaired) electrons. The topological polar surface area (TPSA) is 51.2 Å². The van der Waals surface area contributed by atoms with Crippen molar-refractivity contribution in [2.24, 2.45) is 5.92 Å². The van der Waals surface area contributed by atoms with E-state index in [1.54, 1.807) is 0 Å². The summed E-state index contributed by atoms with van der Waals surface area (Å²) in [4.78, 5) is 11.7. The highest BCUT2D eigenvalue weighted by molar-refractivity contribution is 7.94. The van der Waals surface area contributed by atoms with Crippen molar-refractivity contribution >= 4 is 15.6 Å². The molecule has 0 aromatic carbocycles. The molecule has 2 rings (SSSR count). The van der Waals surface area contributed by atoms with E-state index in [0.717, 1.165) is 25.7 Å². The molecule has 0 amide bonds. The van der Waals surface area contributed by atoms with Crippen LogP contribution in [-0.4, -0.2) is 25.2 Å². The molecule has 1 aliphatic carbocycles. The number of hydrogen-bond donors (Lipinski definition) is 0. The maximum Gasteiger partial charge on any atom is 0.160 e. The van der Waals surface area contributed by atoms with Gasteiger partial charge in [0.15, 0.2) is 15.6 Å². The zero-order chi connectivity index (χ0) is 9.47. The van der Waals surface area contributed by atoms with Crippen LogP contribution < -0.4 is 0 Å². The number of sulfone groups is 1. The highest BCUT2D eigenvalue weighted by Crippen LogP contribution is 2.32. The van der Waals surface area contributed by atoms with Gasteiger partial charge < -0.3 is 0 Å². The van der Waals surface area contributed by atoms with Crippen molar-refractivity contribution in [3.63, 3.8) is 0 Å². The predicted octanol–water partition coefficient (Wildman–Crippen LogP) is 0.933. The summed E-state index contributed by atoms with van der Waals surface area (Å²) < 4.78 is 22.4. The average molecular weight is 202 g/mol. The van der Waals surface area contributed by atoms with Crippen LogP contribution in [0.2, 0.25) is 0 Å². The molecule has 13 heavy (non-hydrogen) atoms. The van der Waals surface area contributed by atoms with Gasteiger partial charge in [0.2, 0.25) is 0 Å². The molecule has 0 spiro atoms. The van der Waals surface area contributed by atoms with Gasteiger partial charge in [-0.05, 0) is 19.3 Å². The van der Waals surface area contributed by atoms with Crippen molar-refractivity contribution in [2.75, 3.05) is 5.75 Å². The number of carbonyl (C=O) groups is 1. The van der Waals surface area contributed by atoms with Gasteiger partial charge in [-0.1, -0.05) is 12.8 Å². The van der Waals surface area contributed by atoms with Gasteiger partial charge in [0.05, 0.1) is 5.75 Å². The first-order chi connectivity index (χ1) is 6.11. The molecule has 1 saturated heterocycles. The van der Waals surface area contributed by atoms with Crippen molar-refractivity contribution in [1.29, 1.82) is 0 Å². The SMILES string of the molecule is O=C(C1CCCC1)C1CCS1(=O)=O. The first-order valence-corrected chi connectivity index (χ1v) is 6.58. The Hall–Kier alpha value is -0.380. The second kappa shape index (κ2) is 3.08. The summed E-state index contributed by atoms with van der Waals surface area (Å²) in [5.41, 5.74) is 0. The fraction of sp³-hybridized carbons (Fsp3) is 0.889. The molecule has 0 bridgehead atoms. The fourth-order valence-corrected chi connectivity index (χ4v) is 3.62. The Bertz CT molecular complexity index is 312. The lowest BCUT2D eigenvalue weighted by molar-refractivity contribution is -0.122. The monoisotopic (exact) mass is 202 g/mol. The average Bonchev–Trinajstić information content (AvgIpc) is 2.54. The first-order valence-electron chi connectivity index (χ1n) is 4.86. The molecule has 0 aromatic heterocycles. The zero-order valence-corrected chi connectivity index (χ0v) is 8.35. The number of ketones is 1. The fourth-order valence-electron chi connectivity index (χ4n) is 2.22. The van der Waals surface area contributed by atoms with Crippen molar-refractivity contribution < 1.29 is 13.2 Å². The van der Waals surface area contributed by atoms with Gasteiger partial charge in [-0.3, -0.25) is 4.79 Å². The van der Waals surface area contributed by atoms with E-state index in [1.807, 2.05) is 0 Å². The van der Waals surface area contributed by atoms with Gasteiger partial charge in [0.1, 0.15) is 5.25 Å². The van der Waals surface area contributed by atoms with Crippen LogP contribution in [-0.2, 0) is 14.6 Å². The van der Waals surface area contributed by atoms with Crippen molar-refractivity contribution in [3.05, 3.63) is 0 Å². The van der Waals surface area contributed by atoms with Gasteiger partial charge in [-0.25, -0.2) is 8.42 Å². The molecule has 74 valence electrons. The summed E-state index contributed by atoms with van der Waals surface area (Å²) in [5.74, 6) is 0.277. The van der Waals surface area contributed by atoms with Crippen molar-refractivity contribution in [1.82, 2.24) is 0 Å². The summed E-state index contributed by atoms with van der Waals surface area (Å²) in [6.45, 7) is 0. The third-order valence-electron chi connectivity index (χ3n) is 3.17. The third-order valence-corrected chi connectivity index (χ3v) is 5.31. The first kappa shape index (κ1) is 9.19. The highest BCUT2D eigenvalue weighted by Gasteiger charge is 2.43. The largest absolute Gasteiger partial charge is 0.298 e. The predicted molar refractivity (Wildman–Crippen MR) is 49.2 cm³/mol. The minimum atomic E-state index is -3.01. The molecule has 1 aliphatic heterocycles. The van der Waals surface area contributed by atoms with E-state index in [0.29, 0.717) is 6.42 Å². The second-order valence-corrected chi connectivity index (χ2v) is 6.33. The molecule has 2 fully saturated rings. The highest BCUT2D eigenvalue weighted by atomic mass is 32.2. The summed E-state index contributed by atoms with van der Waals surface area (Å²) >= 11 is 0. The lowest BCUT2D eigenvalue weighted by Gasteiger charge is -2.26. The maximum absolute atomic E-state index is 11.7. The van der Waals surface area contributed by atoms with E-state index in [1.165, 1.54) is 0 Å². The molecule has 1 saturated carbocycles. The minimum absolute atomic E-state index is 0.00347. The maximum atomic E-state index is 11.7. The van der Waals surface area contributed by atoms with Crippen LogP contribution >= 0.6 is 0 Å². The summed E-state index contributed by atoms with van der Waals surface area (Å²) in [6.07, 6.45) is 4.56. The molecular weight excluding hydrogens is 188 g/mol. The number of Topliss-reactive ketones (excluding diaryl/α,β-unsaturated/α-hetero) is 1. The van der Waals surface area contributed by atoms with Crippen LogP contribution in [0.25, 0.3) is 0 Å². The third kappa shape index (κ3) is 1.52. The summed E-state index contributed by atoms with van der Waals surface area (Å²) in [5, 5.41) is -0.629. The number of rotatable bonds is 2. The molecule has 1 unspecified atom stereocenters. The Balaban J connectivity index is 2.05. The molecule has 1 atom stereocenters. The van der Waals surface area contributed by atoms with Crippen LogP contribution in [0, 0.1) is 5.92 Å². The zero-order valence-electron chi connectivity index (χ0n) is 7.53. The second-order valence-electron chi connectivity index (χ2n) is 4.03. The van der Waals surface area contributed by atoms with Gasteiger partial charge in [0, 0.05) is 5.92 Å². The van der Waals surface area contributed by atoms with E-state index < -0.39 is 15.1 Å². The van der Waals surface area contributed by atoms with Crippen LogP contribution in [0.4, 0.5) is 0 Å². The summed E-state index contributed by atoms with van der Waals surface area (Å²) in [6, 6.07) is 0. The Kier molecular flexibility index (Phi) is 2.18. The molecule has 1 heterocycles. The van der Waals surface area contributed by atoms with E-state index in [-0.39, 0.29) is 17.5 Å². The van der Waals surface area contributed by atoms with Crippen LogP contribution in [0.3, 0.4) is 0 Å². The molecule has 0 aromatic rings. The van der Waals surface area contributed by atoms with E-state index in [4.69, 9.17) is 0 Å². The van der Waals surface area contributed by atoms with Crippen LogP contribution in [0.15, 0.2) is 0 Å².